The van der Waals surface area contributed by atoms with Crippen LogP contribution in [0.1, 0.15) is 0 Å². The van der Waals surface area contributed by atoms with Crippen LogP contribution in [0.4, 0.5) is 0 Å². The Morgan fingerprint density at radius 2 is 0.964 bits per heavy atom. The summed E-state index contributed by atoms with van der Waals surface area (Å²) >= 11 is 1.84. The molecule has 3 aromatic heterocycles. The average molecular weight is 728 g/mol. The Kier molecular flexibility index (Phi) is 6.04. The van der Waals surface area contributed by atoms with Crippen molar-refractivity contribution in [3.8, 4) is 17.2 Å². The van der Waals surface area contributed by atoms with E-state index < -0.39 is 0 Å². The second-order valence-corrected chi connectivity index (χ2v) is 15.9. The predicted molar refractivity (Wildman–Crippen MR) is 240 cm³/mol. The van der Waals surface area contributed by atoms with Crippen LogP contribution < -0.4 is 0 Å². The van der Waals surface area contributed by atoms with Crippen molar-refractivity contribution in [2.75, 3.05) is 0 Å². The molecule has 0 fully saturated rings. The monoisotopic (exact) mass is 727 g/mol. The molecule has 0 amide bonds. The molecule has 0 aliphatic heterocycles. The van der Waals surface area contributed by atoms with Gasteiger partial charge >= 0.3 is 0 Å². The van der Waals surface area contributed by atoms with Crippen LogP contribution >= 0.6 is 11.3 Å². The zero-order valence-electron chi connectivity index (χ0n) is 30.0. The fourth-order valence-electron chi connectivity index (χ4n) is 9.59. The van der Waals surface area contributed by atoms with Crippen LogP contribution in [0.3, 0.4) is 0 Å². The maximum Gasteiger partial charge on any atom is 0.235 e. The molecular formula is C52H29N3S. The minimum absolute atomic E-state index is 0.668. The van der Waals surface area contributed by atoms with Gasteiger partial charge in [-0.25, -0.2) is 9.97 Å². The van der Waals surface area contributed by atoms with Gasteiger partial charge < -0.3 is 0 Å². The molecule has 13 rings (SSSR count). The highest BCUT2D eigenvalue weighted by Crippen LogP contribution is 2.46. The van der Waals surface area contributed by atoms with Crippen molar-refractivity contribution in [1.82, 2.24) is 14.5 Å². The summed E-state index contributed by atoms with van der Waals surface area (Å²) < 4.78 is 4.86. The number of rotatable bonds is 2. The number of nitrogens with zero attached hydrogens (tertiary/aromatic N) is 3. The minimum Gasteiger partial charge on any atom is -0.277 e. The molecule has 0 bridgehead atoms. The summed E-state index contributed by atoms with van der Waals surface area (Å²) in [5.74, 6) is 0.668. The number of hydrogen-bond acceptors (Lipinski definition) is 3. The fraction of sp³-hybridized carbons (Fsp3) is 0. The van der Waals surface area contributed by atoms with Crippen molar-refractivity contribution in [3.05, 3.63) is 176 Å². The van der Waals surface area contributed by atoms with E-state index in [1.165, 1.54) is 79.4 Å². The largest absolute Gasteiger partial charge is 0.277 e. The van der Waals surface area contributed by atoms with Gasteiger partial charge in [-0.15, -0.1) is 11.3 Å². The summed E-state index contributed by atoms with van der Waals surface area (Å²) in [4.78, 5) is 11.3. The lowest BCUT2D eigenvalue weighted by molar-refractivity contribution is 1.02. The Morgan fingerprint density at radius 1 is 0.375 bits per heavy atom. The molecule has 0 radical (unpaired) electrons. The molecular weight excluding hydrogens is 699 g/mol. The van der Waals surface area contributed by atoms with Gasteiger partial charge in [0.15, 0.2) is 0 Å². The van der Waals surface area contributed by atoms with E-state index in [0.29, 0.717) is 5.95 Å². The lowest BCUT2D eigenvalue weighted by atomic mass is 9.91. The van der Waals surface area contributed by atoms with Crippen LogP contribution in [-0.4, -0.2) is 14.5 Å². The summed E-state index contributed by atoms with van der Waals surface area (Å²) in [5.41, 5.74) is 5.22. The van der Waals surface area contributed by atoms with E-state index in [1.807, 2.05) is 11.3 Å². The van der Waals surface area contributed by atoms with Crippen molar-refractivity contribution < 1.29 is 0 Å². The van der Waals surface area contributed by atoms with Crippen molar-refractivity contribution in [1.29, 1.82) is 0 Å². The number of thiophene rings is 1. The predicted octanol–water partition coefficient (Wildman–Crippen LogP) is 14.5. The van der Waals surface area contributed by atoms with Gasteiger partial charge in [0.25, 0.3) is 0 Å². The van der Waals surface area contributed by atoms with Crippen LogP contribution in [0.2, 0.25) is 0 Å². The Hall–Kier alpha value is -7.14. The highest BCUT2D eigenvalue weighted by molar-refractivity contribution is 7.26. The maximum atomic E-state index is 5.74. The van der Waals surface area contributed by atoms with Crippen LogP contribution in [0.5, 0.6) is 0 Å². The number of hydrogen-bond donors (Lipinski definition) is 0. The Balaban J connectivity index is 1.24. The van der Waals surface area contributed by atoms with Crippen molar-refractivity contribution in [3.63, 3.8) is 0 Å². The molecule has 56 heavy (non-hydrogen) atoms. The summed E-state index contributed by atoms with van der Waals surface area (Å²) in [7, 11) is 0. The van der Waals surface area contributed by atoms with Crippen LogP contribution in [-0.2, 0) is 0 Å². The third-order valence-corrected chi connectivity index (χ3v) is 13.2. The van der Waals surface area contributed by atoms with Crippen molar-refractivity contribution >= 4 is 118 Å². The molecule has 258 valence electrons. The first kappa shape index (κ1) is 30.2. The first-order valence-corrected chi connectivity index (χ1v) is 19.9. The molecule has 0 saturated heterocycles. The molecule has 13 aromatic rings. The van der Waals surface area contributed by atoms with Crippen LogP contribution in [0, 0.1) is 0 Å². The second kappa shape index (κ2) is 11.2. The van der Waals surface area contributed by atoms with Gasteiger partial charge in [-0.3, -0.25) is 4.57 Å². The third-order valence-electron chi connectivity index (χ3n) is 12.0. The smallest absolute Gasteiger partial charge is 0.235 e. The van der Waals surface area contributed by atoms with Crippen LogP contribution in [0.15, 0.2) is 176 Å². The minimum atomic E-state index is 0.668. The Labute approximate surface area is 324 Å². The summed E-state index contributed by atoms with van der Waals surface area (Å²) in [6.45, 7) is 0. The van der Waals surface area contributed by atoms with Crippen LogP contribution in [0.25, 0.3) is 124 Å². The van der Waals surface area contributed by atoms with E-state index in [1.54, 1.807) is 0 Å². The lowest BCUT2D eigenvalue weighted by Crippen LogP contribution is -2.04. The average Bonchev–Trinajstić information content (AvgIpc) is 3.82. The summed E-state index contributed by atoms with van der Waals surface area (Å²) in [6.07, 6.45) is 0. The van der Waals surface area contributed by atoms with E-state index in [-0.39, 0.29) is 0 Å². The zero-order valence-corrected chi connectivity index (χ0v) is 30.8. The number of benzene rings is 10. The quantitative estimate of drug-likeness (QED) is 0.166. The number of aromatic nitrogens is 3. The van der Waals surface area contributed by atoms with Gasteiger partial charge in [0, 0.05) is 52.7 Å². The first-order chi connectivity index (χ1) is 27.8. The van der Waals surface area contributed by atoms with E-state index in [9.17, 15) is 0 Å². The summed E-state index contributed by atoms with van der Waals surface area (Å²) in [6, 6.07) is 64.0. The van der Waals surface area contributed by atoms with Gasteiger partial charge in [-0.05, 0) is 61.3 Å². The molecule has 0 aliphatic carbocycles. The highest BCUT2D eigenvalue weighted by atomic mass is 32.1. The Bertz CT molecular complexity index is 3800. The van der Waals surface area contributed by atoms with E-state index >= 15 is 0 Å². The van der Waals surface area contributed by atoms with E-state index in [2.05, 4.69) is 180 Å². The van der Waals surface area contributed by atoms with E-state index in [4.69, 9.17) is 9.97 Å². The van der Waals surface area contributed by atoms with Gasteiger partial charge in [-0.2, -0.15) is 0 Å². The molecule has 0 saturated carbocycles. The summed E-state index contributed by atoms with van der Waals surface area (Å²) in [5, 5.41) is 18.3. The molecule has 0 unspecified atom stereocenters. The molecule has 3 heterocycles. The van der Waals surface area contributed by atoms with Gasteiger partial charge in [-0.1, -0.05) is 158 Å². The molecule has 0 N–H and O–H groups in total. The molecule has 4 heteroatoms. The lowest BCUT2D eigenvalue weighted by Gasteiger charge is -2.15. The second-order valence-electron chi connectivity index (χ2n) is 14.8. The SMILES string of the molecule is c1ccc2c(c1)ccc1nc(-n3c4ccc5c6ccccc6c6ccccc6c5c4c4ccc5ccccc5c43)nc(-c3cccc4c3sc3ccccc34)c12. The van der Waals surface area contributed by atoms with Crippen molar-refractivity contribution in [2.24, 2.45) is 0 Å². The number of fused-ring (bicyclic) bond motifs is 18. The molecule has 0 atom stereocenters. The fourth-order valence-corrected chi connectivity index (χ4v) is 10.8. The van der Waals surface area contributed by atoms with Crippen molar-refractivity contribution in [2.45, 2.75) is 0 Å². The topological polar surface area (TPSA) is 30.7 Å². The standard InChI is InChI=1S/C52H29N3S/c1-3-14-32-30(12-1)25-28-43-47(32)49(42-22-11-21-40-37-19-9-10-23-45(37)56-51(40)42)54-52(53-43)55-44-29-27-39-36-18-6-5-16-34(36)35-17-7-8-20-38(35)46(39)48(44)41-26-24-31-13-2-4-15-33(31)50(41)55/h1-29H. The highest BCUT2D eigenvalue weighted by Gasteiger charge is 2.24. The first-order valence-electron chi connectivity index (χ1n) is 19.1. The normalized spacial score (nSPS) is 12.3. The van der Waals surface area contributed by atoms with Gasteiger partial charge in [0.05, 0.1) is 22.2 Å². The molecule has 0 spiro atoms. The molecule has 3 nitrogen and oxygen atoms in total. The van der Waals surface area contributed by atoms with Gasteiger partial charge in [0.1, 0.15) is 0 Å². The molecule has 10 aromatic carbocycles. The van der Waals surface area contributed by atoms with Gasteiger partial charge in [0.2, 0.25) is 5.95 Å². The maximum absolute atomic E-state index is 5.74. The molecule has 0 aliphatic rings. The van der Waals surface area contributed by atoms with E-state index in [0.717, 1.165) is 38.6 Å². The zero-order chi connectivity index (χ0) is 36.5. The third kappa shape index (κ3) is 4.01. The Morgan fingerprint density at radius 3 is 1.77 bits per heavy atom.